The summed E-state index contributed by atoms with van der Waals surface area (Å²) in [4.78, 5) is 0. The predicted octanol–water partition coefficient (Wildman–Crippen LogP) is 1.73. The van der Waals surface area contributed by atoms with Crippen molar-refractivity contribution < 1.29 is 4.74 Å². The SMILES string of the molecule is COc1ccccc1[C@@H]1CCN1. The number of hydrogen-bond acceptors (Lipinski definition) is 2. The smallest absolute Gasteiger partial charge is 0.123 e. The van der Waals surface area contributed by atoms with Crippen LogP contribution in [0, 0.1) is 0 Å². The predicted molar refractivity (Wildman–Crippen MR) is 48.4 cm³/mol. The summed E-state index contributed by atoms with van der Waals surface area (Å²) in [6.07, 6.45) is 1.22. The Bertz CT molecular complexity index is 268. The highest BCUT2D eigenvalue weighted by Crippen LogP contribution is 2.30. The number of hydrogen-bond donors (Lipinski definition) is 1. The van der Waals surface area contributed by atoms with Crippen LogP contribution in [0.2, 0.25) is 0 Å². The maximum absolute atomic E-state index is 5.26. The summed E-state index contributed by atoms with van der Waals surface area (Å²) in [5.74, 6) is 0.995. The molecule has 0 radical (unpaired) electrons. The van der Waals surface area contributed by atoms with Gasteiger partial charge in [-0.3, -0.25) is 0 Å². The molecule has 1 atom stereocenters. The number of ether oxygens (including phenoxy) is 1. The van der Waals surface area contributed by atoms with Gasteiger partial charge in [-0.2, -0.15) is 0 Å². The van der Waals surface area contributed by atoms with Crippen LogP contribution in [0.4, 0.5) is 0 Å². The Kier molecular flexibility index (Phi) is 2.00. The lowest BCUT2D eigenvalue weighted by Crippen LogP contribution is -2.35. The Labute approximate surface area is 72.5 Å². The van der Waals surface area contributed by atoms with Crippen molar-refractivity contribution in [3.05, 3.63) is 29.8 Å². The van der Waals surface area contributed by atoms with Gasteiger partial charge in [0, 0.05) is 11.6 Å². The standard InChI is InChI=1S/C10H13NO/c1-12-10-5-3-2-4-8(10)9-6-7-11-9/h2-5,9,11H,6-7H2,1H3/t9-/m0/s1. The normalized spacial score (nSPS) is 21.6. The zero-order valence-electron chi connectivity index (χ0n) is 7.21. The van der Waals surface area contributed by atoms with Gasteiger partial charge in [0.1, 0.15) is 5.75 Å². The van der Waals surface area contributed by atoms with E-state index in [1.54, 1.807) is 7.11 Å². The lowest BCUT2D eigenvalue weighted by molar-refractivity contribution is 0.353. The molecule has 0 unspecified atom stereocenters. The number of para-hydroxylation sites is 1. The fourth-order valence-corrected chi connectivity index (χ4v) is 1.51. The van der Waals surface area contributed by atoms with Crippen LogP contribution < -0.4 is 10.1 Å². The molecule has 1 saturated heterocycles. The quantitative estimate of drug-likeness (QED) is 0.717. The van der Waals surface area contributed by atoms with Crippen LogP contribution in [0.3, 0.4) is 0 Å². The monoisotopic (exact) mass is 163 g/mol. The summed E-state index contributed by atoms with van der Waals surface area (Å²) < 4.78 is 5.26. The van der Waals surface area contributed by atoms with E-state index in [4.69, 9.17) is 4.74 Å². The van der Waals surface area contributed by atoms with E-state index in [9.17, 15) is 0 Å². The van der Waals surface area contributed by atoms with E-state index in [0.29, 0.717) is 6.04 Å². The number of nitrogens with one attached hydrogen (secondary N) is 1. The molecule has 2 rings (SSSR count). The van der Waals surface area contributed by atoms with Crippen molar-refractivity contribution in [1.29, 1.82) is 0 Å². The lowest BCUT2D eigenvalue weighted by Gasteiger charge is -2.29. The van der Waals surface area contributed by atoms with Crippen LogP contribution in [-0.2, 0) is 0 Å². The van der Waals surface area contributed by atoms with Crippen molar-refractivity contribution in [3.63, 3.8) is 0 Å². The second kappa shape index (κ2) is 3.15. The van der Waals surface area contributed by atoms with Gasteiger partial charge in [0.15, 0.2) is 0 Å². The van der Waals surface area contributed by atoms with E-state index in [-0.39, 0.29) is 0 Å². The molecule has 2 heteroatoms. The van der Waals surface area contributed by atoms with Crippen molar-refractivity contribution in [1.82, 2.24) is 5.32 Å². The van der Waals surface area contributed by atoms with Crippen molar-refractivity contribution >= 4 is 0 Å². The molecule has 0 spiro atoms. The highest BCUT2D eigenvalue weighted by molar-refractivity contribution is 5.36. The Morgan fingerprint density at radius 3 is 2.75 bits per heavy atom. The van der Waals surface area contributed by atoms with Crippen molar-refractivity contribution in [3.8, 4) is 5.75 Å². The zero-order chi connectivity index (χ0) is 8.39. The molecule has 2 nitrogen and oxygen atoms in total. The van der Waals surface area contributed by atoms with Gasteiger partial charge in [-0.25, -0.2) is 0 Å². The highest BCUT2D eigenvalue weighted by atomic mass is 16.5. The third kappa shape index (κ3) is 1.18. The molecule has 0 aromatic heterocycles. The summed E-state index contributed by atoms with van der Waals surface area (Å²) in [6, 6.07) is 8.70. The van der Waals surface area contributed by atoms with Crippen molar-refractivity contribution in [2.24, 2.45) is 0 Å². The van der Waals surface area contributed by atoms with Crippen molar-refractivity contribution in [2.75, 3.05) is 13.7 Å². The topological polar surface area (TPSA) is 21.3 Å². The summed E-state index contributed by atoms with van der Waals surface area (Å²) in [7, 11) is 1.72. The van der Waals surface area contributed by atoms with E-state index >= 15 is 0 Å². The molecule has 1 aliphatic rings. The molecule has 1 N–H and O–H groups in total. The van der Waals surface area contributed by atoms with Crippen LogP contribution in [-0.4, -0.2) is 13.7 Å². The number of methoxy groups -OCH3 is 1. The molecule has 12 heavy (non-hydrogen) atoms. The molecule has 1 heterocycles. The zero-order valence-corrected chi connectivity index (χ0v) is 7.21. The van der Waals surface area contributed by atoms with E-state index in [1.807, 2.05) is 12.1 Å². The van der Waals surface area contributed by atoms with Crippen LogP contribution >= 0.6 is 0 Å². The van der Waals surface area contributed by atoms with Crippen LogP contribution in [0.15, 0.2) is 24.3 Å². The molecular formula is C10H13NO. The fourth-order valence-electron chi connectivity index (χ4n) is 1.51. The average molecular weight is 163 g/mol. The highest BCUT2D eigenvalue weighted by Gasteiger charge is 2.20. The fraction of sp³-hybridized carbons (Fsp3) is 0.400. The molecule has 1 aliphatic heterocycles. The van der Waals surface area contributed by atoms with Gasteiger partial charge in [-0.15, -0.1) is 0 Å². The molecule has 1 aromatic rings. The molecule has 64 valence electrons. The number of rotatable bonds is 2. The van der Waals surface area contributed by atoms with Gasteiger partial charge in [0.25, 0.3) is 0 Å². The Morgan fingerprint density at radius 1 is 1.42 bits per heavy atom. The van der Waals surface area contributed by atoms with Gasteiger partial charge < -0.3 is 10.1 Å². The van der Waals surface area contributed by atoms with Crippen LogP contribution in [0.5, 0.6) is 5.75 Å². The van der Waals surface area contributed by atoms with Gasteiger partial charge in [0.05, 0.1) is 7.11 Å². The minimum Gasteiger partial charge on any atom is -0.496 e. The Morgan fingerprint density at radius 2 is 2.17 bits per heavy atom. The second-order valence-electron chi connectivity index (χ2n) is 3.04. The lowest BCUT2D eigenvalue weighted by atomic mass is 9.97. The molecule has 0 bridgehead atoms. The van der Waals surface area contributed by atoms with E-state index in [0.717, 1.165) is 12.3 Å². The van der Waals surface area contributed by atoms with E-state index < -0.39 is 0 Å². The van der Waals surface area contributed by atoms with Crippen LogP contribution in [0.25, 0.3) is 0 Å². The minimum atomic E-state index is 0.515. The first-order valence-electron chi connectivity index (χ1n) is 4.28. The summed E-state index contributed by atoms with van der Waals surface area (Å²) >= 11 is 0. The second-order valence-corrected chi connectivity index (χ2v) is 3.04. The molecule has 0 saturated carbocycles. The first-order valence-corrected chi connectivity index (χ1v) is 4.28. The van der Waals surface area contributed by atoms with Crippen molar-refractivity contribution in [2.45, 2.75) is 12.5 Å². The molecule has 0 amide bonds. The summed E-state index contributed by atoms with van der Waals surface area (Å²) in [5, 5.41) is 3.36. The molecule has 0 aliphatic carbocycles. The molecular weight excluding hydrogens is 150 g/mol. The van der Waals surface area contributed by atoms with Gasteiger partial charge in [-0.05, 0) is 19.0 Å². The van der Waals surface area contributed by atoms with Gasteiger partial charge in [-0.1, -0.05) is 18.2 Å². The summed E-state index contributed by atoms with van der Waals surface area (Å²) in [5.41, 5.74) is 1.28. The van der Waals surface area contributed by atoms with Crippen LogP contribution in [0.1, 0.15) is 18.0 Å². The van der Waals surface area contributed by atoms with Gasteiger partial charge in [0.2, 0.25) is 0 Å². The first kappa shape index (κ1) is 7.62. The maximum Gasteiger partial charge on any atom is 0.123 e. The van der Waals surface area contributed by atoms with Gasteiger partial charge >= 0.3 is 0 Å². The first-order chi connectivity index (χ1) is 5.92. The maximum atomic E-state index is 5.26. The molecule has 1 fully saturated rings. The third-order valence-corrected chi connectivity index (χ3v) is 2.34. The largest absolute Gasteiger partial charge is 0.496 e. The molecule has 1 aromatic carbocycles. The van der Waals surface area contributed by atoms with E-state index in [1.165, 1.54) is 12.0 Å². The Hall–Kier alpha value is -1.02. The Balaban J connectivity index is 2.27. The van der Waals surface area contributed by atoms with E-state index in [2.05, 4.69) is 17.4 Å². The summed E-state index contributed by atoms with van der Waals surface area (Å²) in [6.45, 7) is 1.13. The average Bonchev–Trinajstić information content (AvgIpc) is 2.02. The minimum absolute atomic E-state index is 0.515. The number of benzene rings is 1. The third-order valence-electron chi connectivity index (χ3n) is 2.34.